The lowest BCUT2D eigenvalue weighted by Crippen LogP contribution is -2.54. The summed E-state index contributed by atoms with van der Waals surface area (Å²) in [6.07, 6.45) is 2.73. The number of aromatic nitrogens is 1. The number of hydrogen-bond donors (Lipinski definition) is 1. The molecule has 0 saturated carbocycles. The van der Waals surface area contributed by atoms with Gasteiger partial charge in [0.15, 0.2) is 0 Å². The van der Waals surface area contributed by atoms with Crippen molar-refractivity contribution in [1.82, 2.24) is 19.5 Å². The van der Waals surface area contributed by atoms with E-state index in [0.717, 1.165) is 19.6 Å². The average molecular weight is 319 g/mol. The second-order valence-corrected chi connectivity index (χ2v) is 7.20. The van der Waals surface area contributed by atoms with Crippen LogP contribution in [0.5, 0.6) is 0 Å². The normalized spacial score (nSPS) is 22.1. The van der Waals surface area contributed by atoms with Crippen LogP contribution in [0.3, 0.4) is 0 Å². The quantitative estimate of drug-likeness (QED) is 0.862. The minimum atomic E-state index is -3.62. The van der Waals surface area contributed by atoms with Crippen molar-refractivity contribution >= 4 is 21.6 Å². The van der Waals surface area contributed by atoms with Crippen LogP contribution >= 0.6 is 11.6 Å². The number of rotatable bonds is 4. The molecule has 2 rings (SSSR count). The van der Waals surface area contributed by atoms with Crippen LogP contribution in [-0.4, -0.2) is 69.5 Å². The predicted octanol–water partition coefficient (Wildman–Crippen LogP) is 0.259. The van der Waals surface area contributed by atoms with Crippen LogP contribution in [-0.2, 0) is 10.0 Å². The lowest BCUT2D eigenvalue weighted by Gasteiger charge is -2.37. The molecule has 0 radical (unpaired) electrons. The lowest BCUT2D eigenvalue weighted by atomic mass is 10.2. The Morgan fingerprint density at radius 3 is 2.90 bits per heavy atom. The van der Waals surface area contributed by atoms with E-state index in [1.165, 1.54) is 18.5 Å². The Morgan fingerprint density at radius 2 is 2.20 bits per heavy atom. The topological polar surface area (TPSA) is 65.5 Å². The molecule has 112 valence electrons. The van der Waals surface area contributed by atoms with E-state index in [4.69, 9.17) is 11.6 Å². The molecule has 20 heavy (non-hydrogen) atoms. The first kappa shape index (κ1) is 15.7. The van der Waals surface area contributed by atoms with Crippen LogP contribution in [0.15, 0.2) is 23.4 Å². The van der Waals surface area contributed by atoms with Crippen molar-refractivity contribution in [2.45, 2.75) is 10.9 Å². The number of hydrogen-bond acceptors (Lipinski definition) is 5. The largest absolute Gasteiger partial charge is 0.303 e. The third-order valence-electron chi connectivity index (χ3n) is 3.51. The lowest BCUT2D eigenvalue weighted by molar-refractivity contribution is 0.117. The number of sulfonamides is 1. The zero-order chi connectivity index (χ0) is 14.8. The summed E-state index contributed by atoms with van der Waals surface area (Å²) in [5.74, 6) is 0. The molecule has 1 aliphatic heterocycles. The molecule has 1 aromatic heterocycles. The number of likely N-dealkylation sites (N-methyl/N-ethyl adjacent to an activating group) is 2. The molecule has 1 aliphatic rings. The molecule has 0 spiro atoms. The number of nitrogens with zero attached hydrogens (tertiary/aromatic N) is 3. The summed E-state index contributed by atoms with van der Waals surface area (Å²) >= 11 is 5.90. The monoisotopic (exact) mass is 318 g/mol. The predicted molar refractivity (Wildman–Crippen MR) is 78.4 cm³/mol. The van der Waals surface area contributed by atoms with Crippen LogP contribution < -0.4 is 4.72 Å². The first-order valence-electron chi connectivity index (χ1n) is 6.38. The standard InChI is InChI=1S/C12H19ClN4O2S/c1-16-5-6-17(2)10(9-16)7-15-20(18,19)12-8-14-4-3-11(12)13/h3-4,8,10,15H,5-7,9H2,1-2H3. The van der Waals surface area contributed by atoms with Crippen LogP contribution in [0, 0.1) is 0 Å². The molecule has 1 atom stereocenters. The molecule has 0 bridgehead atoms. The smallest absolute Gasteiger partial charge is 0.243 e. The van der Waals surface area contributed by atoms with Gasteiger partial charge in [0.25, 0.3) is 0 Å². The van der Waals surface area contributed by atoms with Crippen molar-refractivity contribution < 1.29 is 8.42 Å². The Labute approximate surface area is 124 Å². The van der Waals surface area contributed by atoms with Crippen molar-refractivity contribution in [1.29, 1.82) is 0 Å². The third kappa shape index (κ3) is 3.67. The molecule has 0 aromatic carbocycles. The van der Waals surface area contributed by atoms with E-state index in [9.17, 15) is 8.42 Å². The molecular formula is C12H19ClN4O2S. The van der Waals surface area contributed by atoms with E-state index >= 15 is 0 Å². The van der Waals surface area contributed by atoms with E-state index in [2.05, 4.69) is 19.5 Å². The van der Waals surface area contributed by atoms with Crippen molar-refractivity contribution in [2.75, 3.05) is 40.3 Å². The Kier molecular flexibility index (Phi) is 4.98. The van der Waals surface area contributed by atoms with Gasteiger partial charge in [0.2, 0.25) is 10.0 Å². The van der Waals surface area contributed by atoms with Gasteiger partial charge in [0.05, 0.1) is 5.02 Å². The molecule has 1 N–H and O–H groups in total. The fraction of sp³-hybridized carbons (Fsp3) is 0.583. The molecule has 1 aromatic rings. The van der Waals surface area contributed by atoms with Gasteiger partial charge < -0.3 is 4.90 Å². The van der Waals surface area contributed by atoms with Gasteiger partial charge in [0.1, 0.15) is 4.90 Å². The third-order valence-corrected chi connectivity index (χ3v) is 5.41. The zero-order valence-corrected chi connectivity index (χ0v) is 13.2. The maximum Gasteiger partial charge on any atom is 0.243 e. The van der Waals surface area contributed by atoms with Crippen molar-refractivity contribution in [3.63, 3.8) is 0 Å². The highest BCUT2D eigenvalue weighted by molar-refractivity contribution is 7.89. The second kappa shape index (κ2) is 6.36. The molecule has 2 heterocycles. The number of halogens is 1. The van der Waals surface area contributed by atoms with Gasteiger partial charge in [-0.1, -0.05) is 11.6 Å². The fourth-order valence-corrected chi connectivity index (χ4v) is 3.67. The number of piperazine rings is 1. The Hall–Kier alpha value is -0.730. The summed E-state index contributed by atoms with van der Waals surface area (Å²) in [5, 5.41) is 0.182. The van der Waals surface area contributed by atoms with Crippen molar-refractivity contribution in [3.05, 3.63) is 23.5 Å². The van der Waals surface area contributed by atoms with Crippen molar-refractivity contribution in [2.24, 2.45) is 0 Å². The van der Waals surface area contributed by atoms with Gasteiger partial charge in [-0.15, -0.1) is 0 Å². The van der Waals surface area contributed by atoms with Gasteiger partial charge in [0, 0.05) is 44.6 Å². The van der Waals surface area contributed by atoms with E-state index in [0.29, 0.717) is 6.54 Å². The van der Waals surface area contributed by atoms with Gasteiger partial charge >= 0.3 is 0 Å². The Bertz CT molecular complexity index is 566. The molecule has 6 nitrogen and oxygen atoms in total. The summed E-state index contributed by atoms with van der Waals surface area (Å²) in [5.41, 5.74) is 0. The zero-order valence-electron chi connectivity index (χ0n) is 11.6. The summed E-state index contributed by atoms with van der Waals surface area (Å²) in [6.45, 7) is 3.11. The van der Waals surface area contributed by atoms with Gasteiger partial charge in [-0.25, -0.2) is 13.1 Å². The van der Waals surface area contributed by atoms with E-state index in [1.807, 2.05) is 14.1 Å². The van der Waals surface area contributed by atoms with E-state index in [-0.39, 0.29) is 16.0 Å². The summed E-state index contributed by atoms with van der Waals surface area (Å²) in [4.78, 5) is 8.18. The maximum absolute atomic E-state index is 12.2. The summed E-state index contributed by atoms with van der Waals surface area (Å²) in [6, 6.07) is 1.62. The van der Waals surface area contributed by atoms with Crippen LogP contribution in [0.25, 0.3) is 0 Å². The molecular weight excluding hydrogens is 300 g/mol. The van der Waals surface area contributed by atoms with Gasteiger partial charge in [-0.05, 0) is 20.2 Å². The molecule has 8 heteroatoms. The summed E-state index contributed by atoms with van der Waals surface area (Å²) in [7, 11) is 0.416. The SMILES string of the molecule is CN1CCN(C)C(CNS(=O)(=O)c2cnccc2Cl)C1. The van der Waals surface area contributed by atoms with E-state index in [1.54, 1.807) is 0 Å². The molecule has 1 saturated heterocycles. The Balaban J connectivity index is 2.04. The minimum absolute atomic E-state index is 0.0217. The molecule has 1 fully saturated rings. The van der Waals surface area contributed by atoms with Crippen LogP contribution in [0.1, 0.15) is 0 Å². The van der Waals surface area contributed by atoms with Crippen LogP contribution in [0.2, 0.25) is 5.02 Å². The first-order chi connectivity index (χ1) is 9.40. The number of nitrogens with one attached hydrogen (secondary N) is 1. The molecule has 1 unspecified atom stereocenters. The number of pyridine rings is 1. The molecule has 0 amide bonds. The highest BCUT2D eigenvalue weighted by Crippen LogP contribution is 2.19. The van der Waals surface area contributed by atoms with E-state index < -0.39 is 10.0 Å². The van der Waals surface area contributed by atoms with Gasteiger partial charge in [-0.2, -0.15) is 0 Å². The summed E-state index contributed by atoms with van der Waals surface area (Å²) < 4.78 is 27.0. The second-order valence-electron chi connectivity index (χ2n) is 5.05. The highest BCUT2D eigenvalue weighted by Gasteiger charge is 2.25. The highest BCUT2D eigenvalue weighted by atomic mass is 35.5. The van der Waals surface area contributed by atoms with Gasteiger partial charge in [-0.3, -0.25) is 9.88 Å². The fourth-order valence-electron chi connectivity index (χ4n) is 2.17. The first-order valence-corrected chi connectivity index (χ1v) is 8.24. The maximum atomic E-state index is 12.2. The minimum Gasteiger partial charge on any atom is -0.303 e. The van der Waals surface area contributed by atoms with Crippen molar-refractivity contribution in [3.8, 4) is 0 Å². The van der Waals surface area contributed by atoms with Crippen LogP contribution in [0.4, 0.5) is 0 Å². The Morgan fingerprint density at radius 1 is 1.45 bits per heavy atom. The molecule has 0 aliphatic carbocycles. The average Bonchev–Trinajstić information content (AvgIpc) is 2.40.